The Bertz CT molecular complexity index is 5390. The summed E-state index contributed by atoms with van der Waals surface area (Å²) in [5, 5.41) is 1.74. The molecule has 0 amide bonds. The van der Waals surface area contributed by atoms with Gasteiger partial charge in [-0.3, -0.25) is 0 Å². The molecule has 14 rings (SSSR count). The van der Waals surface area contributed by atoms with Crippen molar-refractivity contribution in [1.29, 1.82) is 0 Å². The molecule has 0 aliphatic carbocycles. The van der Waals surface area contributed by atoms with Crippen molar-refractivity contribution in [1.82, 2.24) is 18.6 Å². The third kappa shape index (κ3) is 9.69. The molecule has 6 nitrogen and oxygen atoms in total. The minimum atomic E-state index is -2.72. The first-order chi connectivity index (χ1) is 46.5. The molecule has 0 saturated heterocycles. The van der Waals surface area contributed by atoms with Gasteiger partial charge >= 0.3 is 437 Å². The summed E-state index contributed by atoms with van der Waals surface area (Å²) in [5.41, 5.74) is 9.94. The standard InChI is InChI=1S/C77H66BN5O.Pt/c1-50(2)39-54-43-66(57-28-20-23-51(3)40-57)74(67(44-54)59-45-58(55-24-12-9-13-25-55)46-60(47-59)77(6,7)8)81-49-80(68-34-18-19-35-69(68)81)62-31-21-32-63(48-62)84-76-73(56-26-14-10-15-27-56)53(5)42-72(79-76)82-70-36-22-33-65-64-38-37-52(4)41-71(64)83(75(65)70)78(82)61-29-16-11-17-30-61;/h9-38,40-48,50H,39H2,1-8H3;/i3D3,4D3,5D3,39D2,43D,44D;. The van der Waals surface area contributed by atoms with Gasteiger partial charge in [0.05, 0.1) is 0 Å². The molecule has 0 bridgehead atoms. The predicted molar refractivity (Wildman–Crippen MR) is 352 cm³/mol. The first kappa shape index (κ1) is 41.1. The van der Waals surface area contributed by atoms with E-state index in [0.29, 0.717) is 59.7 Å². The second-order valence-electron chi connectivity index (χ2n) is 23.0. The van der Waals surface area contributed by atoms with Crippen LogP contribution in [0.4, 0.5) is 11.5 Å². The Hall–Kier alpha value is -9.03. The first-order valence-electron chi connectivity index (χ1n) is 35.0. The second-order valence-corrected chi connectivity index (χ2v) is 24.0. The first-order valence-corrected chi connectivity index (χ1v) is 29.6. The van der Waals surface area contributed by atoms with Crippen LogP contribution < -0.4 is 15.0 Å². The second kappa shape index (κ2) is 21.6. The number of imidazole rings is 1. The summed E-state index contributed by atoms with van der Waals surface area (Å²) < 4.78 is 134. The van der Waals surface area contributed by atoms with Crippen molar-refractivity contribution >= 4 is 56.8 Å². The van der Waals surface area contributed by atoms with Crippen LogP contribution in [0.3, 0.4) is 0 Å². The number of anilines is 2. The molecule has 1 aliphatic heterocycles. The monoisotopic (exact) mass is 1300 g/mol. The van der Waals surface area contributed by atoms with Crippen LogP contribution >= 0.6 is 0 Å². The van der Waals surface area contributed by atoms with Crippen molar-refractivity contribution in [3.63, 3.8) is 0 Å². The molecular weight excluding hydrogens is 1220 g/mol. The number of hydrogen-bond acceptors (Lipinski definition) is 3. The van der Waals surface area contributed by atoms with Crippen LogP contribution in [0.1, 0.15) is 80.3 Å². The Morgan fingerprint density at radius 3 is 1.98 bits per heavy atom. The molecule has 0 N–H and O–H groups in total. The molecule has 85 heavy (non-hydrogen) atoms. The van der Waals surface area contributed by atoms with Crippen LogP contribution in [0, 0.1) is 30.3 Å². The van der Waals surface area contributed by atoms with Crippen molar-refractivity contribution in [3.8, 4) is 67.5 Å². The number of rotatable bonds is 12. The topological polar surface area (TPSA) is 40.1 Å². The van der Waals surface area contributed by atoms with E-state index in [1.165, 1.54) is 6.07 Å². The fraction of sp³-hybridized carbons (Fsp3) is 0.143. The summed E-state index contributed by atoms with van der Waals surface area (Å²) in [5.74, 6) is -0.152. The van der Waals surface area contributed by atoms with Gasteiger partial charge in [0.15, 0.2) is 0 Å². The zero-order valence-corrected chi connectivity index (χ0v) is 49.7. The van der Waals surface area contributed by atoms with Crippen LogP contribution in [-0.4, -0.2) is 25.6 Å². The SMILES string of the molecule is [2H]c1c(-c2cccc(C([2H])([2H])[2H])c2)c(-n2[c](=[Pt])n(-c3cccc(Oc4nc(N5B(c6ccccc6)n6c7cc(C([2H])([2H])[2H])ccc7c7cccc5c76)cc(C([2H])([2H])[2H])c4-c4ccccc4)c3)c3ccccc32)c(-c2cc(-c3ccccc3)cc(C(C)(C)C)c2)c([2H])c1C([2H])([2H])C(C)C. The third-order valence-electron chi connectivity index (χ3n) is 15.9. The van der Waals surface area contributed by atoms with Gasteiger partial charge in [-0.25, -0.2) is 0 Å². The van der Waals surface area contributed by atoms with Crippen LogP contribution in [0.15, 0.2) is 237 Å². The van der Waals surface area contributed by atoms with Gasteiger partial charge in [0.2, 0.25) is 0 Å². The number of pyridine rings is 1. The van der Waals surface area contributed by atoms with Gasteiger partial charge in [-0.2, -0.15) is 0 Å². The Balaban J connectivity index is 1.02. The number of fused-ring (bicyclic) bond motifs is 4. The summed E-state index contributed by atoms with van der Waals surface area (Å²) in [7, 11) is 0. The van der Waals surface area contributed by atoms with E-state index in [0.717, 1.165) is 38.4 Å². The van der Waals surface area contributed by atoms with Gasteiger partial charge in [-0.15, -0.1) is 0 Å². The number of nitrogens with zero attached hydrogens (tertiary/aromatic N) is 5. The van der Waals surface area contributed by atoms with E-state index in [9.17, 15) is 9.60 Å². The summed E-state index contributed by atoms with van der Waals surface area (Å²) >= 11 is 2.26. The molecule has 13 aromatic rings. The molecule has 0 saturated carbocycles. The quantitative estimate of drug-likeness (QED) is 0.114. The van der Waals surface area contributed by atoms with Crippen LogP contribution in [-0.2, 0) is 31.1 Å². The van der Waals surface area contributed by atoms with Crippen LogP contribution in [0.25, 0.3) is 88.7 Å². The third-order valence-corrected chi connectivity index (χ3v) is 16.9. The molecule has 418 valence electrons. The number of para-hydroxylation sites is 3. The van der Waals surface area contributed by atoms with E-state index < -0.39 is 45.2 Å². The average Bonchev–Trinajstić information content (AvgIpc) is 1.47. The number of benzene rings is 10. The number of hydrogen-bond donors (Lipinski definition) is 0. The van der Waals surface area contributed by atoms with Crippen LogP contribution in [0.2, 0.25) is 0 Å². The van der Waals surface area contributed by atoms with Crippen LogP contribution in [0.5, 0.6) is 11.6 Å². The molecule has 0 radical (unpaired) electrons. The van der Waals surface area contributed by atoms with Gasteiger partial charge in [-0.05, 0) is 18.5 Å². The van der Waals surface area contributed by atoms with E-state index in [4.69, 9.17) is 17.9 Å². The van der Waals surface area contributed by atoms with Crippen molar-refractivity contribution in [2.24, 2.45) is 5.92 Å². The predicted octanol–water partition coefficient (Wildman–Crippen LogP) is 19.3. The zero-order valence-electron chi connectivity index (χ0n) is 60.5. The Morgan fingerprint density at radius 1 is 0.588 bits per heavy atom. The summed E-state index contributed by atoms with van der Waals surface area (Å²) in [6.07, 6.45) is -2.23. The summed E-state index contributed by atoms with van der Waals surface area (Å²) in [6.45, 7) is 1.45. The van der Waals surface area contributed by atoms with E-state index in [1.54, 1.807) is 56.3 Å². The Morgan fingerprint density at radius 2 is 1.25 bits per heavy atom. The molecule has 0 fully saturated rings. The Kier molecular flexibility index (Phi) is 10.4. The number of aromatic nitrogens is 4. The molecule has 8 heteroatoms. The molecule has 0 unspecified atom stereocenters. The summed E-state index contributed by atoms with van der Waals surface area (Å²) in [6, 6.07) is 68.9. The molecule has 3 aromatic heterocycles. The van der Waals surface area contributed by atoms with E-state index in [-0.39, 0.29) is 62.9 Å². The molecule has 4 heterocycles. The van der Waals surface area contributed by atoms with Crippen molar-refractivity contribution in [2.45, 2.75) is 67.0 Å². The molecular formula is C77H66BN5OPt. The fourth-order valence-corrected chi connectivity index (χ4v) is 13.2. The van der Waals surface area contributed by atoms with Gasteiger partial charge in [-0.1, -0.05) is 54.6 Å². The maximum absolute atomic E-state index is 10.6. The summed E-state index contributed by atoms with van der Waals surface area (Å²) in [4.78, 5) is 7.41. The normalized spacial score (nSPS) is 15.3. The molecule has 0 atom stereocenters. The molecule has 10 aromatic carbocycles. The van der Waals surface area contributed by atoms with E-state index >= 15 is 0 Å². The number of ether oxygens (including phenoxy) is 1. The van der Waals surface area contributed by atoms with Gasteiger partial charge < -0.3 is 0 Å². The molecule has 1 aliphatic rings. The van der Waals surface area contributed by atoms with Gasteiger partial charge in [0.1, 0.15) is 0 Å². The van der Waals surface area contributed by atoms with E-state index in [2.05, 4.69) is 50.7 Å². The van der Waals surface area contributed by atoms with Crippen molar-refractivity contribution in [3.05, 3.63) is 268 Å². The van der Waals surface area contributed by atoms with Gasteiger partial charge in [0, 0.05) is 20.4 Å². The van der Waals surface area contributed by atoms with Crippen molar-refractivity contribution < 1.29 is 41.9 Å². The van der Waals surface area contributed by atoms with E-state index in [1.807, 2.05) is 184 Å². The van der Waals surface area contributed by atoms with Gasteiger partial charge in [0.25, 0.3) is 0 Å². The minimum absolute atomic E-state index is 0.00223. The Labute approximate surface area is 528 Å². The average molecular weight is 1300 g/mol. The number of aryl methyl sites for hydroxylation is 3. The van der Waals surface area contributed by atoms with Crippen molar-refractivity contribution in [2.75, 3.05) is 4.81 Å². The zero-order chi connectivity index (χ0) is 69.3. The molecule has 0 spiro atoms. The maximum atomic E-state index is 10.6. The fourth-order valence-electron chi connectivity index (χ4n) is 12.1.